The molecule has 0 bridgehead atoms. The number of amides is 1. The normalized spacial score (nSPS) is 11.3. The van der Waals surface area contributed by atoms with Gasteiger partial charge in [-0.15, -0.1) is 0 Å². The van der Waals surface area contributed by atoms with Crippen molar-refractivity contribution in [3.63, 3.8) is 0 Å². The van der Waals surface area contributed by atoms with E-state index in [9.17, 15) is 9.59 Å². The topological polar surface area (TPSA) is 73.5 Å². The van der Waals surface area contributed by atoms with E-state index in [1.54, 1.807) is 18.2 Å². The Bertz CT molecular complexity index is 1530. The van der Waals surface area contributed by atoms with E-state index in [1.165, 1.54) is 13.2 Å². The lowest BCUT2D eigenvalue weighted by atomic mass is 10.1. The van der Waals surface area contributed by atoms with Crippen molar-refractivity contribution in [2.24, 2.45) is 0 Å². The number of rotatable bonds is 4. The summed E-state index contributed by atoms with van der Waals surface area (Å²) in [6, 6.07) is 20.7. The number of anilines is 1. The van der Waals surface area contributed by atoms with E-state index in [4.69, 9.17) is 9.15 Å². The SMILES string of the molecule is CCn1c2ccccc2c2cc(NC(=O)c3cc4cccc(OC)c4oc3=O)ccc21. The molecule has 31 heavy (non-hydrogen) atoms. The molecule has 154 valence electrons. The first-order valence-corrected chi connectivity index (χ1v) is 10.0. The van der Waals surface area contributed by atoms with E-state index < -0.39 is 11.5 Å². The number of ether oxygens (including phenoxy) is 1. The molecule has 1 N–H and O–H groups in total. The van der Waals surface area contributed by atoms with Crippen LogP contribution < -0.4 is 15.7 Å². The lowest BCUT2D eigenvalue weighted by Gasteiger charge is -2.08. The van der Waals surface area contributed by atoms with Gasteiger partial charge in [-0.1, -0.05) is 30.3 Å². The summed E-state index contributed by atoms with van der Waals surface area (Å²) in [5.41, 5.74) is 2.41. The fourth-order valence-corrected chi connectivity index (χ4v) is 4.11. The number of fused-ring (bicyclic) bond motifs is 4. The van der Waals surface area contributed by atoms with Crippen LogP contribution in [0.2, 0.25) is 0 Å². The molecule has 5 aromatic rings. The third-order valence-corrected chi connectivity index (χ3v) is 5.53. The number of hydrogen-bond donors (Lipinski definition) is 1. The van der Waals surface area contributed by atoms with E-state index in [0.29, 0.717) is 22.4 Å². The molecule has 1 amide bonds. The van der Waals surface area contributed by atoms with Gasteiger partial charge in [0.25, 0.3) is 5.91 Å². The molecule has 0 aliphatic rings. The zero-order chi connectivity index (χ0) is 21.5. The lowest BCUT2D eigenvalue weighted by Crippen LogP contribution is -2.20. The Balaban J connectivity index is 1.55. The van der Waals surface area contributed by atoms with Crippen molar-refractivity contribution in [1.29, 1.82) is 0 Å². The van der Waals surface area contributed by atoms with Gasteiger partial charge in [-0.2, -0.15) is 0 Å². The van der Waals surface area contributed by atoms with Crippen LogP contribution in [-0.2, 0) is 6.54 Å². The smallest absolute Gasteiger partial charge is 0.349 e. The predicted octanol–water partition coefficient (Wildman–Crippen LogP) is 5.18. The Morgan fingerprint density at radius 1 is 1.00 bits per heavy atom. The van der Waals surface area contributed by atoms with Crippen LogP contribution in [0, 0.1) is 0 Å². The van der Waals surface area contributed by atoms with Crippen LogP contribution in [0.1, 0.15) is 17.3 Å². The Hall–Kier alpha value is -4.06. The van der Waals surface area contributed by atoms with Gasteiger partial charge in [0.2, 0.25) is 0 Å². The molecule has 3 aromatic carbocycles. The summed E-state index contributed by atoms with van der Waals surface area (Å²) in [5.74, 6) is -0.0728. The molecule has 0 aliphatic carbocycles. The second kappa shape index (κ2) is 7.32. The number of carbonyl (C=O) groups is 1. The Morgan fingerprint density at radius 3 is 2.61 bits per heavy atom. The van der Waals surface area contributed by atoms with Crippen molar-refractivity contribution in [2.75, 3.05) is 12.4 Å². The van der Waals surface area contributed by atoms with Gasteiger partial charge in [0.1, 0.15) is 5.56 Å². The summed E-state index contributed by atoms with van der Waals surface area (Å²) in [4.78, 5) is 25.4. The molecule has 6 heteroatoms. The van der Waals surface area contributed by atoms with Gasteiger partial charge in [-0.3, -0.25) is 4.79 Å². The summed E-state index contributed by atoms with van der Waals surface area (Å²) in [6.07, 6.45) is 0. The van der Waals surface area contributed by atoms with Gasteiger partial charge in [-0.25, -0.2) is 4.79 Å². The highest BCUT2D eigenvalue weighted by atomic mass is 16.5. The minimum atomic E-state index is -0.710. The van der Waals surface area contributed by atoms with Crippen molar-refractivity contribution in [1.82, 2.24) is 4.57 Å². The van der Waals surface area contributed by atoms with Gasteiger partial charge in [0.15, 0.2) is 11.3 Å². The molecule has 2 heterocycles. The first-order valence-electron chi connectivity index (χ1n) is 10.0. The second-order valence-corrected chi connectivity index (χ2v) is 7.27. The first kappa shape index (κ1) is 18.9. The first-order chi connectivity index (χ1) is 15.1. The minimum Gasteiger partial charge on any atom is -0.493 e. The number of methoxy groups -OCH3 is 1. The third kappa shape index (κ3) is 3.04. The number of para-hydroxylation sites is 2. The van der Waals surface area contributed by atoms with E-state index in [2.05, 4.69) is 28.9 Å². The summed E-state index contributed by atoms with van der Waals surface area (Å²) in [7, 11) is 1.50. The summed E-state index contributed by atoms with van der Waals surface area (Å²) in [5, 5.41) is 5.62. The van der Waals surface area contributed by atoms with Crippen LogP contribution in [0.4, 0.5) is 5.69 Å². The maximum absolute atomic E-state index is 12.9. The average Bonchev–Trinajstić information content (AvgIpc) is 3.11. The second-order valence-electron chi connectivity index (χ2n) is 7.27. The molecule has 5 rings (SSSR count). The number of aromatic nitrogens is 1. The lowest BCUT2D eigenvalue weighted by molar-refractivity contribution is 0.102. The van der Waals surface area contributed by atoms with E-state index >= 15 is 0 Å². The molecule has 0 radical (unpaired) electrons. The van der Waals surface area contributed by atoms with Gasteiger partial charge < -0.3 is 19.0 Å². The number of hydrogen-bond acceptors (Lipinski definition) is 4. The Labute approximate surface area is 177 Å². The molecular weight excluding hydrogens is 392 g/mol. The Kier molecular flexibility index (Phi) is 4.47. The van der Waals surface area contributed by atoms with E-state index in [0.717, 1.165) is 28.4 Å². The monoisotopic (exact) mass is 412 g/mol. The molecule has 2 aromatic heterocycles. The summed E-state index contributed by atoms with van der Waals surface area (Å²) in [6.45, 7) is 2.95. The molecule has 0 fully saturated rings. The summed E-state index contributed by atoms with van der Waals surface area (Å²) < 4.78 is 12.8. The molecule has 0 aliphatic heterocycles. The molecular formula is C25H20N2O4. The quantitative estimate of drug-likeness (QED) is 0.413. The Morgan fingerprint density at radius 2 is 1.81 bits per heavy atom. The van der Waals surface area contributed by atoms with Gasteiger partial charge in [0.05, 0.1) is 7.11 Å². The number of carbonyl (C=O) groups excluding carboxylic acids is 1. The van der Waals surface area contributed by atoms with Crippen LogP contribution in [0.25, 0.3) is 32.8 Å². The average molecular weight is 412 g/mol. The zero-order valence-electron chi connectivity index (χ0n) is 17.1. The van der Waals surface area contributed by atoms with Crippen molar-refractivity contribution in [3.8, 4) is 5.75 Å². The standard InChI is InChI=1S/C25H20N2O4/c1-3-27-20-9-5-4-8-17(20)18-14-16(11-12-21(18)27)26-24(28)19-13-15-7-6-10-22(30-2)23(15)31-25(19)29/h4-14H,3H2,1-2H3,(H,26,28). The zero-order valence-corrected chi connectivity index (χ0v) is 17.1. The van der Waals surface area contributed by atoms with Crippen LogP contribution in [-0.4, -0.2) is 17.6 Å². The minimum absolute atomic E-state index is 0.0585. The van der Waals surface area contributed by atoms with Gasteiger partial charge in [-0.05, 0) is 43.3 Å². The number of benzene rings is 3. The highest BCUT2D eigenvalue weighted by Gasteiger charge is 2.17. The highest BCUT2D eigenvalue weighted by molar-refractivity contribution is 6.11. The van der Waals surface area contributed by atoms with Crippen LogP contribution in [0.5, 0.6) is 5.75 Å². The van der Waals surface area contributed by atoms with Gasteiger partial charge in [0, 0.05) is 39.4 Å². The van der Waals surface area contributed by atoms with Crippen molar-refractivity contribution in [3.05, 3.63) is 82.7 Å². The van der Waals surface area contributed by atoms with Crippen molar-refractivity contribution >= 4 is 44.4 Å². The number of aryl methyl sites for hydroxylation is 1. The van der Waals surface area contributed by atoms with E-state index in [1.807, 2.05) is 30.3 Å². The van der Waals surface area contributed by atoms with Gasteiger partial charge >= 0.3 is 5.63 Å². The maximum Gasteiger partial charge on any atom is 0.349 e. The largest absolute Gasteiger partial charge is 0.493 e. The van der Waals surface area contributed by atoms with Crippen molar-refractivity contribution < 1.29 is 13.9 Å². The number of nitrogens with zero attached hydrogens (tertiary/aromatic N) is 1. The molecule has 0 unspecified atom stereocenters. The fraction of sp³-hybridized carbons (Fsp3) is 0.120. The third-order valence-electron chi connectivity index (χ3n) is 5.53. The van der Waals surface area contributed by atoms with Crippen LogP contribution in [0.15, 0.2) is 75.9 Å². The molecule has 0 atom stereocenters. The number of nitrogens with one attached hydrogen (secondary N) is 1. The maximum atomic E-state index is 12.9. The molecule has 6 nitrogen and oxygen atoms in total. The van der Waals surface area contributed by atoms with Crippen LogP contribution >= 0.6 is 0 Å². The highest BCUT2D eigenvalue weighted by Crippen LogP contribution is 2.31. The van der Waals surface area contributed by atoms with Crippen molar-refractivity contribution in [2.45, 2.75) is 13.5 Å². The molecule has 0 saturated carbocycles. The van der Waals surface area contributed by atoms with E-state index in [-0.39, 0.29) is 5.56 Å². The molecule has 0 saturated heterocycles. The van der Waals surface area contributed by atoms with Crippen LogP contribution in [0.3, 0.4) is 0 Å². The fourth-order valence-electron chi connectivity index (χ4n) is 4.11. The predicted molar refractivity (Wildman–Crippen MR) is 122 cm³/mol. The summed E-state index contributed by atoms with van der Waals surface area (Å²) >= 11 is 0. The molecule has 0 spiro atoms.